The van der Waals surface area contributed by atoms with Crippen LogP contribution >= 0.6 is 6.64 Å². The third-order valence-corrected chi connectivity index (χ3v) is 7.89. The van der Waals surface area contributed by atoms with Crippen molar-refractivity contribution in [1.82, 2.24) is 4.67 Å². The van der Waals surface area contributed by atoms with E-state index in [1.54, 1.807) is 33.6 Å². The fourth-order valence-electron chi connectivity index (χ4n) is 3.03. The molecule has 0 atom stereocenters. The Morgan fingerprint density at radius 3 is 1.58 bits per heavy atom. The lowest BCUT2D eigenvalue weighted by molar-refractivity contribution is 0.381. The first-order chi connectivity index (χ1) is 16.0. The molecule has 8 heteroatoms. The molecule has 33 heavy (non-hydrogen) atoms. The molecule has 0 unspecified atom stereocenters. The Morgan fingerprint density at radius 1 is 0.758 bits per heavy atom. The lowest BCUT2D eigenvalue weighted by atomic mass is 10.2. The average Bonchev–Trinajstić information content (AvgIpc) is 2.82. The zero-order valence-electron chi connectivity index (χ0n) is 19.2. The molecule has 3 rings (SSSR count). The fraction of sp³-hybridized carbons (Fsp3) is 0.200. The predicted octanol–water partition coefficient (Wildman–Crippen LogP) is 5.61. The van der Waals surface area contributed by atoms with Crippen molar-refractivity contribution in [1.29, 1.82) is 0 Å². The van der Waals surface area contributed by atoms with Gasteiger partial charge in [-0.3, -0.25) is 9.98 Å². The molecule has 0 amide bonds. The van der Waals surface area contributed by atoms with Crippen LogP contribution in [0.1, 0.15) is 16.7 Å². The molecule has 0 saturated heterocycles. The van der Waals surface area contributed by atoms with Crippen molar-refractivity contribution in [2.75, 3.05) is 28.3 Å². The van der Waals surface area contributed by atoms with Crippen molar-refractivity contribution >= 4 is 30.9 Å². The maximum absolute atomic E-state index is 6.33. The van der Waals surface area contributed by atoms with Gasteiger partial charge >= 0.3 is 6.64 Å². The summed E-state index contributed by atoms with van der Waals surface area (Å²) in [4.78, 5) is 8.09. The third-order valence-electron chi connectivity index (χ3n) is 4.75. The monoisotopic (exact) mass is 481 g/mol. The van der Waals surface area contributed by atoms with Crippen molar-refractivity contribution in [3.05, 3.63) is 89.5 Å². The Hall–Kier alpha value is -2.99. The van der Waals surface area contributed by atoms with Gasteiger partial charge in [-0.1, -0.05) is 12.1 Å². The van der Waals surface area contributed by atoms with E-state index in [9.17, 15) is 0 Å². The van der Waals surface area contributed by atoms with Crippen LogP contribution in [-0.2, 0) is 18.4 Å². The number of aliphatic imine (C=N–C) groups is 2. The minimum atomic E-state index is -2.93. The van der Waals surface area contributed by atoms with Crippen LogP contribution in [0.4, 0.5) is 0 Å². The van der Waals surface area contributed by atoms with Crippen LogP contribution in [0.15, 0.2) is 82.8 Å². The van der Waals surface area contributed by atoms with Gasteiger partial charge in [-0.05, 0) is 84.4 Å². The molecule has 0 heterocycles. The van der Waals surface area contributed by atoms with E-state index in [4.69, 9.17) is 25.6 Å². The van der Waals surface area contributed by atoms with E-state index < -0.39 is 6.64 Å². The number of benzene rings is 3. The number of ether oxygens (including phenoxy) is 1. The molecule has 0 fully saturated rings. The second-order valence-corrected chi connectivity index (χ2v) is 10.6. The molecule has 172 valence electrons. The molecular formula is C25H28N3O3PS. The number of hydrogen-bond acceptors (Lipinski definition) is 6. The summed E-state index contributed by atoms with van der Waals surface area (Å²) in [6, 6.07) is 23.1. The third kappa shape index (κ3) is 6.99. The molecule has 0 radical (unpaired) electrons. The molecular weight excluding hydrogens is 453 g/mol. The Morgan fingerprint density at radius 2 is 1.18 bits per heavy atom. The highest BCUT2D eigenvalue weighted by molar-refractivity contribution is 8.09. The fourth-order valence-corrected chi connectivity index (χ4v) is 5.15. The molecule has 0 bridgehead atoms. The number of nitrogens with zero attached hydrogens (tertiary/aromatic N) is 3. The van der Waals surface area contributed by atoms with Crippen LogP contribution < -0.4 is 13.8 Å². The van der Waals surface area contributed by atoms with Crippen LogP contribution in [0.25, 0.3) is 0 Å². The van der Waals surface area contributed by atoms with Gasteiger partial charge in [0.2, 0.25) is 0 Å². The second kappa shape index (κ2) is 11.8. The van der Waals surface area contributed by atoms with Gasteiger partial charge in [-0.2, -0.15) is 0 Å². The number of rotatable bonds is 10. The standard InChI is InChI=1S/C25H28N3O3PS/c1-26-17-20-5-13-24(14-6-20)30-32(33,31-25-15-7-21(8-16-25)18-27-2)28(3)19-22-9-11-23(29-4)12-10-22/h5-18H,19H2,1-4H3. The summed E-state index contributed by atoms with van der Waals surface area (Å²) in [5.41, 5.74) is 3.04. The molecule has 3 aromatic carbocycles. The average molecular weight is 482 g/mol. The topological polar surface area (TPSA) is 55.7 Å². The van der Waals surface area contributed by atoms with E-state index in [-0.39, 0.29) is 0 Å². The summed E-state index contributed by atoms with van der Waals surface area (Å²) in [5.74, 6) is 2.09. The summed E-state index contributed by atoms with van der Waals surface area (Å²) in [6.07, 6.45) is 3.57. The van der Waals surface area contributed by atoms with Gasteiger partial charge in [0.1, 0.15) is 17.2 Å². The number of methoxy groups -OCH3 is 1. The first-order valence-corrected chi connectivity index (χ1v) is 12.9. The highest BCUT2D eigenvalue weighted by atomic mass is 32.5. The molecule has 3 aromatic rings. The van der Waals surface area contributed by atoms with Gasteiger partial charge < -0.3 is 13.8 Å². The Kier molecular flexibility index (Phi) is 8.78. The SMILES string of the molecule is CN=Cc1ccc(OP(=S)(Oc2ccc(C=NC)cc2)N(C)Cc2ccc(OC)cc2)cc1. The van der Waals surface area contributed by atoms with Gasteiger partial charge in [0, 0.05) is 44.9 Å². The maximum atomic E-state index is 6.33. The number of hydrogen-bond donors (Lipinski definition) is 0. The molecule has 0 N–H and O–H groups in total. The summed E-state index contributed by atoms with van der Waals surface area (Å²) in [7, 11) is 7.05. The van der Waals surface area contributed by atoms with Crippen molar-refractivity contribution in [2.45, 2.75) is 6.54 Å². The zero-order chi connectivity index (χ0) is 23.7. The van der Waals surface area contributed by atoms with Gasteiger partial charge in [-0.15, -0.1) is 0 Å². The van der Waals surface area contributed by atoms with Crippen LogP contribution in [0.3, 0.4) is 0 Å². The summed E-state index contributed by atoms with van der Waals surface area (Å²) < 4.78 is 19.9. The van der Waals surface area contributed by atoms with E-state index in [2.05, 4.69) is 9.98 Å². The smallest absolute Gasteiger partial charge is 0.368 e. The van der Waals surface area contributed by atoms with Crippen molar-refractivity contribution < 1.29 is 13.8 Å². The molecule has 0 aliphatic carbocycles. The van der Waals surface area contributed by atoms with E-state index >= 15 is 0 Å². The normalized spacial score (nSPS) is 13.4. The van der Waals surface area contributed by atoms with Gasteiger partial charge in [0.25, 0.3) is 0 Å². The van der Waals surface area contributed by atoms with Crippen LogP contribution in [0.2, 0.25) is 0 Å². The first-order valence-electron chi connectivity index (χ1n) is 10.3. The molecule has 0 spiro atoms. The lowest BCUT2D eigenvalue weighted by Crippen LogP contribution is -2.21. The minimum absolute atomic E-state index is 0.558. The van der Waals surface area contributed by atoms with Crippen molar-refractivity contribution in [3.8, 4) is 17.2 Å². The van der Waals surface area contributed by atoms with Gasteiger partial charge in [-0.25, -0.2) is 4.67 Å². The van der Waals surface area contributed by atoms with E-state index in [1.807, 2.05) is 84.5 Å². The van der Waals surface area contributed by atoms with Crippen LogP contribution in [-0.4, -0.2) is 45.4 Å². The quantitative estimate of drug-likeness (QED) is 0.278. The van der Waals surface area contributed by atoms with Crippen LogP contribution in [0, 0.1) is 0 Å². The molecule has 0 aliphatic heterocycles. The lowest BCUT2D eigenvalue weighted by Gasteiger charge is -2.31. The minimum Gasteiger partial charge on any atom is -0.497 e. The van der Waals surface area contributed by atoms with Crippen LogP contribution in [0.5, 0.6) is 17.2 Å². The van der Waals surface area contributed by atoms with E-state index in [1.165, 1.54) is 0 Å². The first kappa shape index (κ1) is 24.6. The largest absolute Gasteiger partial charge is 0.497 e. The zero-order valence-corrected chi connectivity index (χ0v) is 20.9. The van der Waals surface area contributed by atoms with Crippen molar-refractivity contribution in [2.24, 2.45) is 9.98 Å². The van der Waals surface area contributed by atoms with Gasteiger partial charge in [0.15, 0.2) is 0 Å². The summed E-state index contributed by atoms with van der Waals surface area (Å²) >= 11 is 6.02. The maximum Gasteiger partial charge on any atom is 0.368 e. The van der Waals surface area contributed by atoms with E-state index in [0.29, 0.717) is 18.0 Å². The van der Waals surface area contributed by atoms with Crippen molar-refractivity contribution in [3.63, 3.8) is 0 Å². The summed E-state index contributed by atoms with van der Waals surface area (Å²) in [6.45, 7) is -2.37. The molecule has 0 saturated carbocycles. The highest BCUT2D eigenvalue weighted by Crippen LogP contribution is 2.52. The Bertz CT molecular complexity index is 1070. The molecule has 0 aliphatic rings. The molecule has 0 aromatic heterocycles. The summed E-state index contributed by atoms with van der Waals surface area (Å²) in [5, 5.41) is 0. The van der Waals surface area contributed by atoms with E-state index in [0.717, 1.165) is 22.4 Å². The molecule has 6 nitrogen and oxygen atoms in total. The Labute approximate surface area is 200 Å². The second-order valence-electron chi connectivity index (χ2n) is 7.23. The predicted molar refractivity (Wildman–Crippen MR) is 140 cm³/mol. The van der Waals surface area contributed by atoms with Gasteiger partial charge in [0.05, 0.1) is 7.11 Å². The highest BCUT2D eigenvalue weighted by Gasteiger charge is 2.29. The Balaban J connectivity index is 1.86.